The van der Waals surface area contributed by atoms with Gasteiger partial charge < -0.3 is 9.64 Å². The fourth-order valence-corrected chi connectivity index (χ4v) is 1.12. The largest absolute Gasteiger partial charge is 0.461 e. The lowest BCUT2D eigenvalue weighted by molar-refractivity contribution is -0.139. The summed E-state index contributed by atoms with van der Waals surface area (Å²) in [7, 11) is 3.86. The first kappa shape index (κ1) is 12.7. The normalized spacial score (nSPS) is 10.2. The second-order valence-electron chi connectivity index (χ2n) is 2.98. The number of halogens is 1. The molecule has 0 radical (unpaired) electrons. The number of alkyl halides is 1. The number of esters is 1. The van der Waals surface area contributed by atoms with Gasteiger partial charge in [-0.1, -0.05) is 22.5 Å². The minimum Gasteiger partial charge on any atom is -0.461 e. The van der Waals surface area contributed by atoms with E-state index in [2.05, 4.69) is 22.5 Å². The number of hydrogen-bond donors (Lipinski definition) is 0. The molecule has 0 aliphatic heterocycles. The van der Waals surface area contributed by atoms with Crippen molar-refractivity contribution < 1.29 is 9.53 Å². The Kier molecular flexibility index (Phi) is 6.90. The van der Waals surface area contributed by atoms with Crippen molar-refractivity contribution in [3.05, 3.63) is 12.2 Å². The van der Waals surface area contributed by atoms with Crippen LogP contribution in [0, 0.1) is 0 Å². The highest BCUT2D eigenvalue weighted by molar-refractivity contribution is 9.09. The molecule has 76 valence electrons. The molecule has 0 aromatic carbocycles. The van der Waals surface area contributed by atoms with Crippen LogP contribution in [0.2, 0.25) is 0 Å². The van der Waals surface area contributed by atoms with E-state index in [4.69, 9.17) is 4.74 Å². The van der Waals surface area contributed by atoms with E-state index in [9.17, 15) is 4.79 Å². The van der Waals surface area contributed by atoms with Crippen LogP contribution in [-0.4, -0.2) is 43.4 Å². The van der Waals surface area contributed by atoms with E-state index >= 15 is 0 Å². The molecule has 0 aromatic heterocycles. The lowest BCUT2D eigenvalue weighted by Crippen LogP contribution is -2.20. The standard InChI is InChI=1S/C9H16BrNO2/c1-8(4-5-10)9(12)13-7-6-11(2)3/h1,4-7H2,2-3H3. The Hall–Kier alpha value is -0.350. The highest BCUT2D eigenvalue weighted by atomic mass is 79.9. The van der Waals surface area contributed by atoms with Crippen LogP contribution in [-0.2, 0) is 9.53 Å². The van der Waals surface area contributed by atoms with E-state index in [1.54, 1.807) is 0 Å². The van der Waals surface area contributed by atoms with Crippen molar-refractivity contribution in [1.29, 1.82) is 0 Å². The molecular formula is C9H16BrNO2. The lowest BCUT2D eigenvalue weighted by atomic mass is 10.2. The first-order valence-corrected chi connectivity index (χ1v) is 5.25. The third-order valence-electron chi connectivity index (χ3n) is 1.46. The Morgan fingerprint density at radius 3 is 2.62 bits per heavy atom. The minimum atomic E-state index is -0.290. The predicted molar refractivity (Wildman–Crippen MR) is 57.1 cm³/mol. The molecule has 0 atom stereocenters. The van der Waals surface area contributed by atoms with Crippen molar-refractivity contribution in [2.75, 3.05) is 32.6 Å². The first-order valence-electron chi connectivity index (χ1n) is 4.13. The molecule has 0 aliphatic rings. The molecule has 0 N–H and O–H groups in total. The van der Waals surface area contributed by atoms with Gasteiger partial charge in [0.05, 0.1) is 0 Å². The SMILES string of the molecule is C=C(CCBr)C(=O)OCCN(C)C. The maximum absolute atomic E-state index is 11.2. The zero-order valence-corrected chi connectivity index (χ0v) is 9.76. The highest BCUT2D eigenvalue weighted by Gasteiger charge is 2.06. The topological polar surface area (TPSA) is 29.5 Å². The molecule has 0 amide bonds. The van der Waals surface area contributed by atoms with Crippen LogP contribution < -0.4 is 0 Å². The summed E-state index contributed by atoms with van der Waals surface area (Å²) < 4.78 is 4.97. The summed E-state index contributed by atoms with van der Waals surface area (Å²) in [5.41, 5.74) is 0.524. The molecule has 0 rings (SSSR count). The number of rotatable bonds is 6. The van der Waals surface area contributed by atoms with Crippen LogP contribution >= 0.6 is 15.9 Å². The van der Waals surface area contributed by atoms with Gasteiger partial charge in [-0.15, -0.1) is 0 Å². The van der Waals surface area contributed by atoms with Crippen LogP contribution in [0.25, 0.3) is 0 Å². The van der Waals surface area contributed by atoms with Crippen molar-refractivity contribution in [3.8, 4) is 0 Å². The van der Waals surface area contributed by atoms with E-state index in [0.717, 1.165) is 11.9 Å². The van der Waals surface area contributed by atoms with Gasteiger partial charge in [0.15, 0.2) is 0 Å². The second-order valence-corrected chi connectivity index (χ2v) is 3.77. The van der Waals surface area contributed by atoms with Crippen molar-refractivity contribution in [2.45, 2.75) is 6.42 Å². The Labute approximate surface area is 87.9 Å². The Morgan fingerprint density at radius 2 is 2.15 bits per heavy atom. The fraction of sp³-hybridized carbons (Fsp3) is 0.667. The van der Waals surface area contributed by atoms with E-state index in [1.165, 1.54) is 0 Å². The highest BCUT2D eigenvalue weighted by Crippen LogP contribution is 2.03. The molecule has 0 spiro atoms. The molecule has 0 aliphatic carbocycles. The Balaban J connectivity index is 3.56. The van der Waals surface area contributed by atoms with Crippen LogP contribution in [0.3, 0.4) is 0 Å². The molecule has 3 nitrogen and oxygen atoms in total. The molecular weight excluding hydrogens is 234 g/mol. The number of likely N-dealkylation sites (N-methyl/N-ethyl adjacent to an activating group) is 1. The molecule has 0 heterocycles. The molecule has 0 aromatic rings. The van der Waals surface area contributed by atoms with Gasteiger partial charge in [0.1, 0.15) is 6.61 Å². The average molecular weight is 250 g/mol. The summed E-state index contributed by atoms with van der Waals surface area (Å²) in [5, 5.41) is 0.745. The maximum Gasteiger partial charge on any atom is 0.333 e. The van der Waals surface area contributed by atoms with Gasteiger partial charge in [-0.3, -0.25) is 0 Å². The van der Waals surface area contributed by atoms with E-state index in [0.29, 0.717) is 18.6 Å². The molecule has 0 saturated heterocycles. The Bertz CT molecular complexity index is 180. The average Bonchev–Trinajstić information content (AvgIpc) is 2.04. The third-order valence-corrected chi connectivity index (χ3v) is 1.85. The van der Waals surface area contributed by atoms with Crippen LogP contribution in [0.5, 0.6) is 0 Å². The van der Waals surface area contributed by atoms with Crippen molar-refractivity contribution in [3.63, 3.8) is 0 Å². The van der Waals surface area contributed by atoms with Gasteiger partial charge in [0.25, 0.3) is 0 Å². The monoisotopic (exact) mass is 249 g/mol. The van der Waals surface area contributed by atoms with Crippen LogP contribution in [0.1, 0.15) is 6.42 Å². The summed E-state index contributed by atoms with van der Waals surface area (Å²) in [5.74, 6) is -0.290. The lowest BCUT2D eigenvalue weighted by Gasteiger charge is -2.10. The van der Waals surface area contributed by atoms with Gasteiger partial charge in [0.2, 0.25) is 0 Å². The van der Waals surface area contributed by atoms with Gasteiger partial charge in [-0.2, -0.15) is 0 Å². The van der Waals surface area contributed by atoms with Crippen LogP contribution in [0.4, 0.5) is 0 Å². The van der Waals surface area contributed by atoms with Gasteiger partial charge in [0, 0.05) is 17.4 Å². The minimum absolute atomic E-state index is 0.290. The third kappa shape index (κ3) is 6.78. The quantitative estimate of drug-likeness (QED) is 0.406. The summed E-state index contributed by atoms with van der Waals surface area (Å²) in [4.78, 5) is 13.1. The number of carbonyl (C=O) groups excluding carboxylic acids is 1. The van der Waals surface area contributed by atoms with Crippen molar-refractivity contribution in [2.24, 2.45) is 0 Å². The summed E-state index contributed by atoms with van der Waals surface area (Å²) in [6.07, 6.45) is 0.640. The zero-order chi connectivity index (χ0) is 10.3. The molecule has 0 bridgehead atoms. The Morgan fingerprint density at radius 1 is 1.54 bits per heavy atom. The van der Waals surface area contributed by atoms with Crippen molar-refractivity contribution >= 4 is 21.9 Å². The first-order chi connectivity index (χ1) is 6.07. The number of hydrogen-bond acceptors (Lipinski definition) is 3. The molecule has 4 heteroatoms. The molecule has 0 unspecified atom stereocenters. The van der Waals surface area contributed by atoms with Crippen LogP contribution in [0.15, 0.2) is 12.2 Å². The molecule has 13 heavy (non-hydrogen) atoms. The van der Waals surface area contributed by atoms with E-state index in [1.807, 2.05) is 19.0 Å². The predicted octanol–water partition coefficient (Wildman–Crippen LogP) is 1.43. The smallest absolute Gasteiger partial charge is 0.333 e. The van der Waals surface area contributed by atoms with Gasteiger partial charge in [-0.25, -0.2) is 4.79 Å². The number of nitrogens with zero attached hydrogens (tertiary/aromatic N) is 1. The van der Waals surface area contributed by atoms with Gasteiger partial charge >= 0.3 is 5.97 Å². The summed E-state index contributed by atoms with van der Waals surface area (Å²) in [6, 6.07) is 0. The maximum atomic E-state index is 11.2. The summed E-state index contributed by atoms with van der Waals surface area (Å²) >= 11 is 3.23. The molecule has 0 fully saturated rings. The fourth-order valence-electron chi connectivity index (χ4n) is 0.639. The van der Waals surface area contributed by atoms with E-state index in [-0.39, 0.29) is 5.97 Å². The number of ether oxygens (including phenoxy) is 1. The van der Waals surface area contributed by atoms with Crippen molar-refractivity contribution in [1.82, 2.24) is 4.90 Å². The van der Waals surface area contributed by atoms with E-state index < -0.39 is 0 Å². The zero-order valence-electron chi connectivity index (χ0n) is 8.18. The number of carbonyl (C=O) groups is 1. The van der Waals surface area contributed by atoms with Gasteiger partial charge in [-0.05, 0) is 20.5 Å². The summed E-state index contributed by atoms with van der Waals surface area (Å²) in [6.45, 7) is 4.79. The molecule has 0 saturated carbocycles. The second kappa shape index (κ2) is 7.09.